The summed E-state index contributed by atoms with van der Waals surface area (Å²) in [6.07, 6.45) is -8.68. The van der Waals surface area contributed by atoms with Gasteiger partial charge in [-0.3, -0.25) is 19.5 Å². The number of ether oxygens (including phenoxy) is 1. The smallest absolute Gasteiger partial charge is 0.410 e. The highest BCUT2D eigenvalue weighted by atomic mass is 19.4. The SMILES string of the molecule is CC(C)C(NC(=O)Cn1c(-c2ccccc2)ccc(NC(=O)Oc2ccccc2)c1=O)C(O)C(F)(F)F. The first-order chi connectivity index (χ1) is 17.5. The van der Waals surface area contributed by atoms with Crippen LogP contribution in [0.3, 0.4) is 0 Å². The van der Waals surface area contributed by atoms with Gasteiger partial charge in [0, 0.05) is 0 Å². The molecule has 1 heterocycles. The van der Waals surface area contributed by atoms with Crippen LogP contribution in [0.15, 0.2) is 77.6 Å². The molecule has 0 saturated carbocycles. The fourth-order valence-corrected chi connectivity index (χ4v) is 3.61. The second-order valence-electron chi connectivity index (χ2n) is 8.54. The Morgan fingerprint density at radius 3 is 2.14 bits per heavy atom. The first-order valence-corrected chi connectivity index (χ1v) is 11.3. The third kappa shape index (κ3) is 7.20. The number of anilines is 1. The number of benzene rings is 2. The summed E-state index contributed by atoms with van der Waals surface area (Å²) in [7, 11) is 0. The molecule has 0 aliphatic heterocycles. The molecule has 1 aromatic heterocycles. The number of carbonyl (C=O) groups excluding carboxylic acids is 2. The molecule has 0 fully saturated rings. The molecule has 8 nitrogen and oxygen atoms in total. The molecule has 2 aromatic carbocycles. The van der Waals surface area contributed by atoms with E-state index in [4.69, 9.17) is 4.74 Å². The lowest BCUT2D eigenvalue weighted by atomic mass is 9.98. The van der Waals surface area contributed by atoms with Gasteiger partial charge in [-0.25, -0.2) is 4.79 Å². The zero-order valence-electron chi connectivity index (χ0n) is 20.0. The van der Waals surface area contributed by atoms with Crippen molar-refractivity contribution in [1.29, 1.82) is 0 Å². The van der Waals surface area contributed by atoms with Gasteiger partial charge in [0.05, 0.1) is 11.7 Å². The fraction of sp³-hybridized carbons (Fsp3) is 0.269. The Balaban J connectivity index is 1.91. The Bertz CT molecular complexity index is 1280. The quantitative estimate of drug-likeness (QED) is 0.415. The van der Waals surface area contributed by atoms with Crippen molar-refractivity contribution in [3.63, 3.8) is 0 Å². The number of hydrogen-bond acceptors (Lipinski definition) is 5. The van der Waals surface area contributed by atoms with Crippen molar-refractivity contribution >= 4 is 17.7 Å². The van der Waals surface area contributed by atoms with E-state index in [0.717, 1.165) is 4.57 Å². The van der Waals surface area contributed by atoms with Crippen LogP contribution in [0.1, 0.15) is 13.8 Å². The number of hydrogen-bond donors (Lipinski definition) is 3. The number of alkyl halides is 3. The lowest BCUT2D eigenvalue weighted by Crippen LogP contribution is -2.53. The largest absolute Gasteiger partial charge is 0.417 e. The van der Waals surface area contributed by atoms with Crippen LogP contribution in [0.2, 0.25) is 0 Å². The Morgan fingerprint density at radius 2 is 1.57 bits per heavy atom. The van der Waals surface area contributed by atoms with Gasteiger partial charge in [-0.05, 0) is 35.7 Å². The molecule has 2 atom stereocenters. The number of amides is 2. The monoisotopic (exact) mass is 517 g/mol. The fourth-order valence-electron chi connectivity index (χ4n) is 3.61. The number of pyridine rings is 1. The van der Waals surface area contributed by atoms with Gasteiger partial charge in [0.25, 0.3) is 5.56 Å². The zero-order valence-corrected chi connectivity index (χ0v) is 20.0. The molecule has 0 aliphatic rings. The second-order valence-corrected chi connectivity index (χ2v) is 8.54. The molecular formula is C26H26F3N3O5. The highest BCUT2D eigenvalue weighted by molar-refractivity contribution is 5.86. The minimum atomic E-state index is -4.95. The van der Waals surface area contributed by atoms with Gasteiger partial charge < -0.3 is 15.2 Å². The molecule has 3 N–H and O–H groups in total. The molecule has 0 spiro atoms. The van der Waals surface area contributed by atoms with Crippen LogP contribution >= 0.6 is 0 Å². The lowest BCUT2D eigenvalue weighted by molar-refractivity contribution is -0.215. The predicted molar refractivity (Wildman–Crippen MR) is 131 cm³/mol. The molecule has 11 heteroatoms. The molecule has 3 rings (SSSR count). The van der Waals surface area contributed by atoms with Gasteiger partial charge in [0.1, 0.15) is 18.0 Å². The molecule has 3 aromatic rings. The molecule has 0 aliphatic carbocycles. The number of aromatic nitrogens is 1. The number of aliphatic hydroxyl groups excluding tert-OH is 1. The van der Waals surface area contributed by atoms with Crippen LogP contribution in [-0.4, -0.2) is 40.0 Å². The number of carbonyl (C=O) groups is 2. The number of aliphatic hydroxyl groups is 1. The number of rotatable bonds is 8. The van der Waals surface area contributed by atoms with Gasteiger partial charge >= 0.3 is 12.3 Å². The van der Waals surface area contributed by atoms with Crippen molar-refractivity contribution in [2.75, 3.05) is 5.32 Å². The number of para-hydroxylation sites is 1. The molecule has 0 saturated heterocycles. The van der Waals surface area contributed by atoms with Crippen molar-refractivity contribution < 1.29 is 32.6 Å². The van der Waals surface area contributed by atoms with E-state index in [1.165, 1.54) is 26.0 Å². The Hall–Kier alpha value is -4.12. The highest BCUT2D eigenvalue weighted by Crippen LogP contribution is 2.26. The van der Waals surface area contributed by atoms with Gasteiger partial charge in [-0.2, -0.15) is 13.2 Å². The van der Waals surface area contributed by atoms with E-state index in [1.54, 1.807) is 60.7 Å². The van der Waals surface area contributed by atoms with E-state index < -0.39 is 48.3 Å². The zero-order chi connectivity index (χ0) is 27.2. The molecule has 37 heavy (non-hydrogen) atoms. The molecule has 2 unspecified atom stereocenters. The van der Waals surface area contributed by atoms with Crippen molar-refractivity contribution in [2.45, 2.75) is 38.7 Å². The standard InChI is InChI=1S/C26H26F3N3O5/c1-16(2)22(23(34)26(27,28)29)31-21(33)15-32-20(17-9-5-3-6-10-17)14-13-19(24(32)35)30-25(36)37-18-11-7-4-8-12-18/h3-14,16,22-23,34H,15H2,1-2H3,(H,30,36)(H,31,33). The summed E-state index contributed by atoms with van der Waals surface area (Å²) < 4.78 is 45.5. The maximum absolute atomic E-state index is 13.3. The van der Waals surface area contributed by atoms with Crippen molar-refractivity contribution in [3.05, 3.63) is 83.2 Å². The van der Waals surface area contributed by atoms with Gasteiger partial charge in [0.15, 0.2) is 6.10 Å². The van der Waals surface area contributed by atoms with Gasteiger partial charge in [-0.1, -0.05) is 62.4 Å². The van der Waals surface area contributed by atoms with E-state index >= 15 is 0 Å². The summed E-state index contributed by atoms with van der Waals surface area (Å²) in [6.45, 7) is 2.18. The maximum Gasteiger partial charge on any atom is 0.417 e. The average molecular weight is 518 g/mol. The van der Waals surface area contributed by atoms with Crippen LogP contribution in [-0.2, 0) is 11.3 Å². The third-order valence-corrected chi connectivity index (χ3v) is 5.46. The number of nitrogens with zero attached hydrogens (tertiary/aromatic N) is 1. The van der Waals surface area contributed by atoms with Crippen molar-refractivity contribution in [3.8, 4) is 17.0 Å². The summed E-state index contributed by atoms with van der Waals surface area (Å²) >= 11 is 0. The maximum atomic E-state index is 13.3. The van der Waals surface area contributed by atoms with Crippen molar-refractivity contribution in [2.24, 2.45) is 5.92 Å². The van der Waals surface area contributed by atoms with E-state index in [2.05, 4.69) is 10.6 Å². The third-order valence-electron chi connectivity index (χ3n) is 5.46. The van der Waals surface area contributed by atoms with Crippen LogP contribution in [0.5, 0.6) is 5.75 Å². The summed E-state index contributed by atoms with van der Waals surface area (Å²) in [4.78, 5) is 38.4. The minimum Gasteiger partial charge on any atom is -0.410 e. The Labute approximate surface area is 210 Å². The topological polar surface area (TPSA) is 110 Å². The number of nitrogens with one attached hydrogen (secondary N) is 2. The van der Waals surface area contributed by atoms with Gasteiger partial charge in [-0.15, -0.1) is 0 Å². The normalized spacial score (nSPS) is 13.1. The second kappa shape index (κ2) is 11.7. The molecule has 0 bridgehead atoms. The van der Waals surface area contributed by atoms with Gasteiger partial charge in [0.2, 0.25) is 5.91 Å². The van der Waals surface area contributed by atoms with Crippen LogP contribution < -0.4 is 20.9 Å². The summed E-state index contributed by atoms with van der Waals surface area (Å²) in [5.41, 5.74) is -0.134. The molecule has 0 radical (unpaired) electrons. The summed E-state index contributed by atoms with van der Waals surface area (Å²) in [5.74, 6) is -1.44. The highest BCUT2D eigenvalue weighted by Gasteiger charge is 2.45. The first-order valence-electron chi connectivity index (χ1n) is 11.3. The number of halogens is 3. The van der Waals surface area contributed by atoms with E-state index in [9.17, 15) is 32.7 Å². The lowest BCUT2D eigenvalue weighted by Gasteiger charge is -2.29. The van der Waals surface area contributed by atoms with Crippen LogP contribution in [0, 0.1) is 5.92 Å². The van der Waals surface area contributed by atoms with Crippen LogP contribution in [0.25, 0.3) is 11.3 Å². The van der Waals surface area contributed by atoms with E-state index in [-0.39, 0.29) is 11.4 Å². The predicted octanol–water partition coefficient (Wildman–Crippen LogP) is 4.19. The molecule has 2 amide bonds. The Kier molecular flexibility index (Phi) is 8.72. The minimum absolute atomic E-state index is 0.204. The summed E-state index contributed by atoms with van der Waals surface area (Å²) in [5, 5.41) is 14.2. The Morgan fingerprint density at radius 1 is 0.973 bits per heavy atom. The molecular weight excluding hydrogens is 491 g/mol. The van der Waals surface area contributed by atoms with E-state index in [1.807, 2.05) is 0 Å². The molecule has 196 valence electrons. The van der Waals surface area contributed by atoms with E-state index in [0.29, 0.717) is 11.3 Å². The van der Waals surface area contributed by atoms with Crippen molar-refractivity contribution in [1.82, 2.24) is 9.88 Å². The average Bonchev–Trinajstić information content (AvgIpc) is 2.85. The van der Waals surface area contributed by atoms with Crippen LogP contribution in [0.4, 0.5) is 23.7 Å². The summed E-state index contributed by atoms with van der Waals surface area (Å²) in [6, 6.07) is 17.9. The first kappa shape index (κ1) is 27.5.